The van der Waals surface area contributed by atoms with Crippen LogP contribution in [0.5, 0.6) is 5.75 Å². The van der Waals surface area contributed by atoms with Gasteiger partial charge in [0.1, 0.15) is 5.75 Å². The number of ether oxygens (including phenoxy) is 2. The lowest BCUT2D eigenvalue weighted by molar-refractivity contribution is -0.151. The number of halogens is 1. The average molecular weight is 417 g/mol. The highest BCUT2D eigenvalue weighted by Crippen LogP contribution is 2.19. The smallest absolute Gasteiger partial charge is 0.309 e. The number of hydrogen-bond acceptors (Lipinski definition) is 4. The molecule has 1 fully saturated rings. The van der Waals surface area contributed by atoms with Gasteiger partial charge in [0.15, 0.2) is 6.61 Å². The molecule has 0 aliphatic carbocycles. The number of piperidine rings is 1. The Kier molecular flexibility index (Phi) is 6.48. The molecule has 1 aromatic rings. The van der Waals surface area contributed by atoms with E-state index in [0.717, 1.165) is 3.57 Å². The van der Waals surface area contributed by atoms with Crippen LogP contribution in [0.15, 0.2) is 24.3 Å². The summed E-state index contributed by atoms with van der Waals surface area (Å²) in [6.45, 7) is 3.40. The van der Waals surface area contributed by atoms with Crippen molar-refractivity contribution < 1.29 is 19.1 Å². The summed E-state index contributed by atoms with van der Waals surface area (Å²) >= 11 is 2.22. The Morgan fingerprint density at radius 2 is 1.86 bits per heavy atom. The van der Waals surface area contributed by atoms with E-state index in [2.05, 4.69) is 22.6 Å². The zero-order chi connectivity index (χ0) is 15.9. The normalized spacial score (nSPS) is 15.5. The van der Waals surface area contributed by atoms with Crippen LogP contribution in [-0.2, 0) is 14.3 Å². The molecule has 6 heteroatoms. The molecule has 0 saturated carbocycles. The van der Waals surface area contributed by atoms with Gasteiger partial charge in [-0.05, 0) is 66.6 Å². The Labute approximate surface area is 144 Å². The fourth-order valence-electron chi connectivity index (χ4n) is 2.39. The summed E-state index contributed by atoms with van der Waals surface area (Å²) in [7, 11) is 0. The number of rotatable bonds is 5. The van der Waals surface area contributed by atoms with E-state index < -0.39 is 0 Å². The average Bonchev–Trinajstić information content (AvgIpc) is 2.54. The van der Waals surface area contributed by atoms with E-state index in [1.54, 1.807) is 11.8 Å². The number of nitrogens with zero attached hydrogens (tertiary/aromatic N) is 1. The zero-order valence-electron chi connectivity index (χ0n) is 12.6. The molecule has 1 saturated heterocycles. The fraction of sp³-hybridized carbons (Fsp3) is 0.500. The van der Waals surface area contributed by atoms with Crippen LogP contribution in [-0.4, -0.2) is 43.1 Å². The Morgan fingerprint density at radius 1 is 1.23 bits per heavy atom. The van der Waals surface area contributed by atoms with Crippen molar-refractivity contribution in [3.05, 3.63) is 27.8 Å². The van der Waals surface area contributed by atoms with Gasteiger partial charge in [-0.25, -0.2) is 0 Å². The first-order valence-corrected chi connectivity index (χ1v) is 8.50. The van der Waals surface area contributed by atoms with E-state index in [1.807, 2.05) is 24.3 Å². The third-order valence-electron chi connectivity index (χ3n) is 3.64. The number of esters is 1. The summed E-state index contributed by atoms with van der Waals surface area (Å²) in [5, 5.41) is 0. The van der Waals surface area contributed by atoms with Gasteiger partial charge in [-0.1, -0.05) is 0 Å². The summed E-state index contributed by atoms with van der Waals surface area (Å²) in [6, 6.07) is 7.57. The summed E-state index contributed by atoms with van der Waals surface area (Å²) < 4.78 is 11.6. The third kappa shape index (κ3) is 4.86. The number of amides is 1. The summed E-state index contributed by atoms with van der Waals surface area (Å²) in [5.74, 6) is 0.418. The van der Waals surface area contributed by atoms with E-state index >= 15 is 0 Å². The largest absolute Gasteiger partial charge is 0.484 e. The standard InChI is InChI=1S/C16H20INO4/c1-2-21-16(20)12-7-9-18(10-8-12)15(19)11-22-14-5-3-13(17)4-6-14/h3-6,12H,2,7-11H2,1H3. The Hall–Kier alpha value is -1.31. The molecule has 1 aromatic carbocycles. The lowest BCUT2D eigenvalue weighted by atomic mass is 9.97. The summed E-state index contributed by atoms with van der Waals surface area (Å²) in [4.78, 5) is 25.5. The predicted molar refractivity (Wildman–Crippen MR) is 90.6 cm³/mol. The number of carbonyl (C=O) groups is 2. The molecule has 22 heavy (non-hydrogen) atoms. The maximum absolute atomic E-state index is 12.1. The van der Waals surface area contributed by atoms with Gasteiger partial charge in [0.2, 0.25) is 0 Å². The molecule has 1 aliphatic heterocycles. The van der Waals surface area contributed by atoms with Gasteiger partial charge < -0.3 is 14.4 Å². The lowest BCUT2D eigenvalue weighted by Crippen LogP contribution is -2.42. The number of carbonyl (C=O) groups excluding carboxylic acids is 2. The van der Waals surface area contributed by atoms with Gasteiger partial charge in [0.25, 0.3) is 5.91 Å². The van der Waals surface area contributed by atoms with Crippen molar-refractivity contribution in [1.82, 2.24) is 4.90 Å². The first kappa shape index (κ1) is 17.1. The van der Waals surface area contributed by atoms with Crippen LogP contribution >= 0.6 is 22.6 Å². The molecule has 1 heterocycles. The van der Waals surface area contributed by atoms with Gasteiger partial charge in [-0.2, -0.15) is 0 Å². The molecular weight excluding hydrogens is 397 g/mol. The number of likely N-dealkylation sites (tertiary alicyclic amines) is 1. The Morgan fingerprint density at radius 3 is 2.45 bits per heavy atom. The van der Waals surface area contributed by atoms with Gasteiger partial charge in [-0.15, -0.1) is 0 Å². The second kappa shape index (κ2) is 8.36. The molecular formula is C16H20INO4. The Bertz CT molecular complexity index is 509. The van der Waals surface area contributed by atoms with Crippen LogP contribution in [0.1, 0.15) is 19.8 Å². The monoisotopic (exact) mass is 417 g/mol. The van der Waals surface area contributed by atoms with Gasteiger partial charge >= 0.3 is 5.97 Å². The maximum atomic E-state index is 12.1. The molecule has 2 rings (SSSR count). The molecule has 1 aliphatic rings. The second-order valence-electron chi connectivity index (χ2n) is 5.15. The minimum absolute atomic E-state index is 0.0324. The van der Waals surface area contributed by atoms with Gasteiger partial charge in [0, 0.05) is 16.7 Å². The van der Waals surface area contributed by atoms with E-state index in [-0.39, 0.29) is 24.4 Å². The van der Waals surface area contributed by atoms with Crippen LogP contribution in [0.2, 0.25) is 0 Å². The molecule has 0 atom stereocenters. The summed E-state index contributed by atoms with van der Waals surface area (Å²) in [6.07, 6.45) is 1.32. The van der Waals surface area contributed by atoms with Crippen LogP contribution in [0, 0.1) is 9.49 Å². The topological polar surface area (TPSA) is 55.8 Å². The van der Waals surface area contributed by atoms with Crippen molar-refractivity contribution in [3.8, 4) is 5.75 Å². The van der Waals surface area contributed by atoms with Crippen molar-refractivity contribution >= 4 is 34.5 Å². The highest BCUT2D eigenvalue weighted by molar-refractivity contribution is 14.1. The van der Waals surface area contributed by atoms with Gasteiger partial charge in [-0.3, -0.25) is 9.59 Å². The first-order valence-electron chi connectivity index (χ1n) is 7.43. The van der Waals surface area contributed by atoms with Crippen molar-refractivity contribution in [3.63, 3.8) is 0 Å². The molecule has 0 radical (unpaired) electrons. The molecule has 120 valence electrons. The van der Waals surface area contributed by atoms with E-state index in [1.165, 1.54) is 0 Å². The molecule has 0 bridgehead atoms. The minimum Gasteiger partial charge on any atom is -0.484 e. The van der Waals surface area contributed by atoms with E-state index in [4.69, 9.17) is 9.47 Å². The Balaban J connectivity index is 1.75. The molecule has 1 amide bonds. The maximum Gasteiger partial charge on any atom is 0.309 e. The first-order chi connectivity index (χ1) is 10.6. The number of benzene rings is 1. The van der Waals surface area contributed by atoms with E-state index in [9.17, 15) is 9.59 Å². The van der Waals surface area contributed by atoms with Crippen LogP contribution in [0.25, 0.3) is 0 Å². The van der Waals surface area contributed by atoms with Crippen molar-refractivity contribution in [2.24, 2.45) is 5.92 Å². The SMILES string of the molecule is CCOC(=O)C1CCN(C(=O)COc2ccc(I)cc2)CC1. The van der Waals surface area contributed by atoms with Crippen molar-refractivity contribution in [2.45, 2.75) is 19.8 Å². The van der Waals surface area contributed by atoms with Crippen molar-refractivity contribution in [2.75, 3.05) is 26.3 Å². The second-order valence-corrected chi connectivity index (χ2v) is 6.40. The molecule has 0 spiro atoms. The van der Waals surface area contributed by atoms with Crippen LogP contribution in [0.4, 0.5) is 0 Å². The highest BCUT2D eigenvalue weighted by atomic mass is 127. The lowest BCUT2D eigenvalue weighted by Gasteiger charge is -2.30. The molecule has 0 unspecified atom stereocenters. The molecule has 5 nitrogen and oxygen atoms in total. The van der Waals surface area contributed by atoms with Gasteiger partial charge in [0.05, 0.1) is 12.5 Å². The van der Waals surface area contributed by atoms with Crippen LogP contribution < -0.4 is 4.74 Å². The van der Waals surface area contributed by atoms with Crippen LogP contribution in [0.3, 0.4) is 0 Å². The van der Waals surface area contributed by atoms with Crippen molar-refractivity contribution in [1.29, 1.82) is 0 Å². The number of hydrogen-bond donors (Lipinski definition) is 0. The minimum atomic E-state index is -0.148. The highest BCUT2D eigenvalue weighted by Gasteiger charge is 2.28. The molecule has 0 aromatic heterocycles. The quantitative estimate of drug-likeness (QED) is 0.546. The van der Waals surface area contributed by atoms with E-state index in [0.29, 0.717) is 38.3 Å². The summed E-state index contributed by atoms with van der Waals surface area (Å²) in [5.41, 5.74) is 0. The zero-order valence-corrected chi connectivity index (χ0v) is 14.7. The fourth-order valence-corrected chi connectivity index (χ4v) is 2.75. The predicted octanol–water partition coefficient (Wildman–Crippen LogP) is 2.47. The third-order valence-corrected chi connectivity index (χ3v) is 4.36. The molecule has 0 N–H and O–H groups in total.